The number of aromatic nitrogens is 3. The number of pyridine rings is 1. The first-order chi connectivity index (χ1) is 18.3. The van der Waals surface area contributed by atoms with E-state index in [2.05, 4.69) is 15.4 Å². The molecular weight excluding hydrogens is 489 g/mol. The SMILES string of the molecule is Cc1ccc(O[C@H]2CCCN(C(=O)Cn3cc(NC(=O)CCOc4c(F)ccnc4C(C)C)cn3)C2)cc1. The quantitative estimate of drug-likeness (QED) is 0.425. The summed E-state index contributed by atoms with van der Waals surface area (Å²) in [5.74, 6) is -0.00428. The number of hydrogen-bond acceptors (Lipinski definition) is 6. The zero-order valence-corrected chi connectivity index (χ0v) is 22.0. The van der Waals surface area contributed by atoms with Gasteiger partial charge in [0, 0.05) is 18.9 Å². The summed E-state index contributed by atoms with van der Waals surface area (Å²) >= 11 is 0. The van der Waals surface area contributed by atoms with Crippen molar-refractivity contribution in [3.8, 4) is 11.5 Å². The molecule has 2 aromatic heterocycles. The largest absolute Gasteiger partial charge is 0.489 e. The summed E-state index contributed by atoms with van der Waals surface area (Å²) in [6.07, 6.45) is 6.23. The molecule has 0 unspecified atom stereocenters. The van der Waals surface area contributed by atoms with Crippen molar-refractivity contribution in [1.82, 2.24) is 19.7 Å². The fraction of sp³-hybridized carbons (Fsp3) is 0.429. The lowest BCUT2D eigenvalue weighted by molar-refractivity contribution is -0.134. The number of carbonyl (C=O) groups is 2. The van der Waals surface area contributed by atoms with Gasteiger partial charge in [0.25, 0.3) is 0 Å². The Bertz CT molecular complexity index is 1240. The topological polar surface area (TPSA) is 98.6 Å². The summed E-state index contributed by atoms with van der Waals surface area (Å²) in [5, 5.41) is 6.94. The number of rotatable bonds is 10. The predicted molar refractivity (Wildman–Crippen MR) is 141 cm³/mol. The summed E-state index contributed by atoms with van der Waals surface area (Å²) in [6, 6.07) is 9.14. The van der Waals surface area contributed by atoms with Crippen molar-refractivity contribution in [3.05, 3.63) is 66.0 Å². The number of hydrogen-bond donors (Lipinski definition) is 1. The third-order valence-corrected chi connectivity index (χ3v) is 6.28. The van der Waals surface area contributed by atoms with Crippen LogP contribution < -0.4 is 14.8 Å². The van der Waals surface area contributed by atoms with Crippen molar-refractivity contribution >= 4 is 17.5 Å². The highest BCUT2D eigenvalue weighted by Crippen LogP contribution is 2.27. The molecule has 1 atom stereocenters. The third kappa shape index (κ3) is 7.30. The molecule has 0 spiro atoms. The van der Waals surface area contributed by atoms with E-state index in [0.29, 0.717) is 24.5 Å². The number of anilines is 1. The summed E-state index contributed by atoms with van der Waals surface area (Å²) in [5.41, 5.74) is 2.15. The minimum atomic E-state index is -0.503. The molecule has 1 aliphatic heterocycles. The molecule has 3 heterocycles. The van der Waals surface area contributed by atoms with Crippen molar-refractivity contribution in [2.45, 2.75) is 58.6 Å². The summed E-state index contributed by atoms with van der Waals surface area (Å²) in [7, 11) is 0. The number of nitrogens with one attached hydrogen (secondary N) is 1. The molecule has 1 saturated heterocycles. The monoisotopic (exact) mass is 523 g/mol. The summed E-state index contributed by atoms with van der Waals surface area (Å²) in [6.45, 7) is 7.08. The number of ether oxygens (including phenoxy) is 2. The Morgan fingerprint density at radius 2 is 2.00 bits per heavy atom. The molecular formula is C28H34FN5O4. The van der Waals surface area contributed by atoms with Crippen LogP contribution in [0.4, 0.5) is 10.1 Å². The first kappa shape index (κ1) is 27.1. The van der Waals surface area contributed by atoms with Crippen LogP contribution in [0.15, 0.2) is 48.9 Å². The number of nitrogens with zero attached hydrogens (tertiary/aromatic N) is 4. The Balaban J connectivity index is 1.23. The maximum absolute atomic E-state index is 14.1. The Labute approximate surface area is 222 Å². The van der Waals surface area contributed by atoms with E-state index in [0.717, 1.165) is 18.6 Å². The van der Waals surface area contributed by atoms with Crippen LogP contribution in [0.1, 0.15) is 50.3 Å². The zero-order chi connectivity index (χ0) is 27.1. The van der Waals surface area contributed by atoms with Crippen LogP contribution in [-0.2, 0) is 16.1 Å². The number of likely N-dealkylation sites (tertiary alicyclic amines) is 1. The molecule has 1 aliphatic rings. The molecule has 202 valence electrons. The lowest BCUT2D eigenvalue weighted by Crippen LogP contribution is -2.45. The number of carbonyl (C=O) groups excluding carboxylic acids is 2. The molecule has 38 heavy (non-hydrogen) atoms. The Hall–Kier alpha value is -3.95. The molecule has 10 heteroatoms. The van der Waals surface area contributed by atoms with Gasteiger partial charge in [0.1, 0.15) is 18.4 Å². The van der Waals surface area contributed by atoms with Gasteiger partial charge in [-0.05, 0) is 43.9 Å². The van der Waals surface area contributed by atoms with E-state index in [1.54, 1.807) is 11.1 Å². The van der Waals surface area contributed by atoms with Gasteiger partial charge in [0.05, 0.1) is 37.2 Å². The van der Waals surface area contributed by atoms with Gasteiger partial charge in [-0.1, -0.05) is 31.5 Å². The summed E-state index contributed by atoms with van der Waals surface area (Å²) < 4.78 is 27.3. The molecule has 4 rings (SSSR count). The lowest BCUT2D eigenvalue weighted by Gasteiger charge is -2.33. The van der Waals surface area contributed by atoms with Crippen LogP contribution in [0.3, 0.4) is 0 Å². The first-order valence-corrected chi connectivity index (χ1v) is 12.9. The maximum atomic E-state index is 14.1. The van der Waals surface area contributed by atoms with Gasteiger partial charge < -0.3 is 19.7 Å². The number of benzene rings is 1. The van der Waals surface area contributed by atoms with E-state index in [9.17, 15) is 14.0 Å². The van der Waals surface area contributed by atoms with Gasteiger partial charge in [0.15, 0.2) is 11.6 Å². The van der Waals surface area contributed by atoms with Crippen molar-refractivity contribution < 1.29 is 23.5 Å². The van der Waals surface area contributed by atoms with Crippen LogP contribution in [0.25, 0.3) is 0 Å². The standard InChI is InChI=1S/C28H34FN5O4/c1-19(2)27-28(24(29)10-12-30-27)37-14-11-25(35)32-21-15-31-34(16-21)18-26(36)33-13-4-5-23(17-33)38-22-8-6-20(3)7-9-22/h6-10,12,15-16,19,23H,4-5,11,13-14,17-18H2,1-3H3,(H,32,35)/t23-/m0/s1. The number of aryl methyl sites for hydroxylation is 1. The first-order valence-electron chi connectivity index (χ1n) is 12.9. The third-order valence-electron chi connectivity index (χ3n) is 6.28. The lowest BCUT2D eigenvalue weighted by atomic mass is 10.1. The fourth-order valence-electron chi connectivity index (χ4n) is 4.29. The van der Waals surface area contributed by atoms with E-state index in [1.165, 1.54) is 28.7 Å². The second-order valence-corrected chi connectivity index (χ2v) is 9.77. The van der Waals surface area contributed by atoms with E-state index in [1.807, 2.05) is 45.0 Å². The van der Waals surface area contributed by atoms with Crippen LogP contribution in [-0.4, -0.2) is 57.3 Å². The molecule has 0 bridgehead atoms. The van der Waals surface area contributed by atoms with Gasteiger partial charge in [-0.15, -0.1) is 0 Å². The average Bonchev–Trinajstić information content (AvgIpc) is 3.32. The molecule has 1 fully saturated rings. The van der Waals surface area contributed by atoms with E-state index in [-0.39, 0.29) is 49.2 Å². The van der Waals surface area contributed by atoms with Gasteiger partial charge in [-0.25, -0.2) is 4.39 Å². The van der Waals surface area contributed by atoms with Crippen molar-refractivity contribution in [2.75, 3.05) is 25.0 Å². The molecule has 0 radical (unpaired) electrons. The van der Waals surface area contributed by atoms with Gasteiger partial charge in [-0.3, -0.25) is 19.3 Å². The fourth-order valence-corrected chi connectivity index (χ4v) is 4.29. The highest BCUT2D eigenvalue weighted by Gasteiger charge is 2.25. The van der Waals surface area contributed by atoms with E-state index in [4.69, 9.17) is 9.47 Å². The zero-order valence-electron chi connectivity index (χ0n) is 22.0. The Kier molecular flexibility index (Phi) is 8.93. The predicted octanol–water partition coefficient (Wildman–Crippen LogP) is 4.33. The van der Waals surface area contributed by atoms with Gasteiger partial charge in [-0.2, -0.15) is 5.10 Å². The molecule has 0 aliphatic carbocycles. The van der Waals surface area contributed by atoms with Crippen LogP contribution in [0.2, 0.25) is 0 Å². The molecule has 1 aromatic carbocycles. The van der Waals surface area contributed by atoms with Crippen molar-refractivity contribution in [2.24, 2.45) is 0 Å². The van der Waals surface area contributed by atoms with Crippen molar-refractivity contribution in [1.29, 1.82) is 0 Å². The smallest absolute Gasteiger partial charge is 0.244 e. The van der Waals surface area contributed by atoms with Crippen LogP contribution >= 0.6 is 0 Å². The highest BCUT2D eigenvalue weighted by molar-refractivity contribution is 5.90. The summed E-state index contributed by atoms with van der Waals surface area (Å²) in [4.78, 5) is 31.2. The molecule has 3 aromatic rings. The molecule has 1 N–H and O–H groups in total. The highest BCUT2D eigenvalue weighted by atomic mass is 19.1. The average molecular weight is 524 g/mol. The number of amides is 2. The minimum absolute atomic E-state index is 0.00156. The Morgan fingerprint density at radius 3 is 2.76 bits per heavy atom. The maximum Gasteiger partial charge on any atom is 0.244 e. The van der Waals surface area contributed by atoms with Crippen molar-refractivity contribution in [3.63, 3.8) is 0 Å². The number of piperidine rings is 1. The number of halogens is 1. The second-order valence-electron chi connectivity index (χ2n) is 9.77. The van der Waals surface area contributed by atoms with Gasteiger partial charge in [0.2, 0.25) is 11.8 Å². The molecule has 2 amide bonds. The molecule has 0 saturated carbocycles. The van der Waals surface area contributed by atoms with Crippen LogP contribution in [0, 0.1) is 12.7 Å². The van der Waals surface area contributed by atoms with Crippen LogP contribution in [0.5, 0.6) is 11.5 Å². The van der Waals surface area contributed by atoms with E-state index >= 15 is 0 Å². The van der Waals surface area contributed by atoms with E-state index < -0.39 is 5.82 Å². The normalized spacial score (nSPS) is 15.4. The van der Waals surface area contributed by atoms with Gasteiger partial charge >= 0.3 is 0 Å². The second kappa shape index (κ2) is 12.5. The minimum Gasteiger partial charge on any atom is -0.489 e. The molecule has 9 nitrogen and oxygen atoms in total. The Morgan fingerprint density at radius 1 is 1.21 bits per heavy atom.